The molecule has 1 unspecified atom stereocenters. The van der Waals surface area contributed by atoms with Crippen molar-refractivity contribution in [3.63, 3.8) is 0 Å². The van der Waals surface area contributed by atoms with Crippen LogP contribution in [-0.2, 0) is 23.8 Å². The van der Waals surface area contributed by atoms with Crippen LogP contribution in [0.25, 0.3) is 0 Å². The third-order valence-corrected chi connectivity index (χ3v) is 5.98. The van der Waals surface area contributed by atoms with Crippen LogP contribution in [-0.4, -0.2) is 37.9 Å². The van der Waals surface area contributed by atoms with Gasteiger partial charge in [-0.25, -0.2) is 0 Å². The number of hydrogen-bond acceptors (Lipinski definition) is 5. The minimum atomic E-state index is -0.106. The lowest BCUT2D eigenvalue weighted by molar-refractivity contribution is -0.147. The van der Waals surface area contributed by atoms with Gasteiger partial charge < -0.3 is 14.2 Å². The smallest absolute Gasteiger partial charge is 0.305 e. The van der Waals surface area contributed by atoms with Crippen molar-refractivity contribution in [3.8, 4) is 0 Å². The maximum atomic E-state index is 11.8. The predicted octanol–water partition coefficient (Wildman–Crippen LogP) is 6.90. The van der Waals surface area contributed by atoms with Gasteiger partial charge in [-0.15, -0.1) is 0 Å². The summed E-state index contributed by atoms with van der Waals surface area (Å²) < 4.78 is 16.0. The lowest BCUT2D eigenvalue weighted by Crippen LogP contribution is -2.17. The first-order chi connectivity index (χ1) is 15.2. The van der Waals surface area contributed by atoms with Crippen LogP contribution >= 0.6 is 0 Å². The van der Waals surface area contributed by atoms with E-state index in [1.54, 1.807) is 0 Å². The fourth-order valence-corrected chi connectivity index (χ4v) is 3.95. The molecule has 1 aliphatic heterocycles. The molecule has 1 atom stereocenters. The Morgan fingerprint density at radius 1 is 0.710 bits per heavy atom. The van der Waals surface area contributed by atoms with Gasteiger partial charge in [-0.3, -0.25) is 9.59 Å². The van der Waals surface area contributed by atoms with Crippen molar-refractivity contribution >= 4 is 11.9 Å². The molecule has 0 saturated carbocycles. The van der Waals surface area contributed by atoms with Crippen LogP contribution < -0.4 is 0 Å². The van der Waals surface area contributed by atoms with Gasteiger partial charge in [0, 0.05) is 19.4 Å². The van der Waals surface area contributed by atoms with Crippen LogP contribution in [0.2, 0.25) is 0 Å². The number of unbranched alkanes of at least 4 members (excludes halogenated alkanes) is 13. The zero-order valence-corrected chi connectivity index (χ0v) is 20.2. The molecule has 0 spiro atoms. The molecule has 0 aromatic carbocycles. The summed E-state index contributed by atoms with van der Waals surface area (Å²) in [7, 11) is 0. The van der Waals surface area contributed by atoms with Crippen LogP contribution in [0.4, 0.5) is 0 Å². The van der Waals surface area contributed by atoms with E-state index in [1.165, 1.54) is 51.4 Å². The summed E-state index contributed by atoms with van der Waals surface area (Å²) >= 11 is 0. The molecule has 5 heteroatoms. The van der Waals surface area contributed by atoms with Gasteiger partial charge >= 0.3 is 11.9 Å². The number of ether oxygens (including phenoxy) is 3. The van der Waals surface area contributed by atoms with Gasteiger partial charge in [-0.05, 0) is 32.1 Å². The first-order valence-corrected chi connectivity index (χ1v) is 13.1. The zero-order chi connectivity index (χ0) is 22.4. The molecular weight excluding hydrogens is 392 g/mol. The van der Waals surface area contributed by atoms with Crippen molar-refractivity contribution in [2.75, 3.05) is 19.8 Å². The molecule has 0 bridgehead atoms. The molecule has 1 heterocycles. The van der Waals surface area contributed by atoms with E-state index in [0.29, 0.717) is 26.1 Å². The highest BCUT2D eigenvalue weighted by molar-refractivity contribution is 5.69. The SMILES string of the molecule is CCCCCCCCCCCOC(=O)CCCCCCCCC(=O)OCC1CCCO1. The number of carbonyl (C=O) groups is 2. The van der Waals surface area contributed by atoms with Crippen molar-refractivity contribution in [2.24, 2.45) is 0 Å². The molecule has 0 radical (unpaired) electrons. The molecule has 1 fully saturated rings. The summed E-state index contributed by atoms with van der Waals surface area (Å²) in [6.45, 7) is 4.03. The van der Waals surface area contributed by atoms with E-state index >= 15 is 0 Å². The second kappa shape index (κ2) is 20.8. The van der Waals surface area contributed by atoms with Gasteiger partial charge in [-0.1, -0.05) is 84.0 Å². The summed E-state index contributed by atoms with van der Waals surface area (Å²) in [4.78, 5) is 23.5. The van der Waals surface area contributed by atoms with Crippen molar-refractivity contribution in [2.45, 2.75) is 135 Å². The Labute approximate surface area is 191 Å². The maximum absolute atomic E-state index is 11.8. The first-order valence-electron chi connectivity index (χ1n) is 13.1. The van der Waals surface area contributed by atoms with Gasteiger partial charge in [0.15, 0.2) is 0 Å². The highest BCUT2D eigenvalue weighted by atomic mass is 16.6. The number of hydrogen-bond donors (Lipinski definition) is 0. The Hall–Kier alpha value is -1.10. The minimum Gasteiger partial charge on any atom is -0.466 e. The van der Waals surface area contributed by atoms with E-state index < -0.39 is 0 Å². The highest BCUT2D eigenvalue weighted by Crippen LogP contribution is 2.14. The van der Waals surface area contributed by atoms with Crippen molar-refractivity contribution in [3.05, 3.63) is 0 Å². The van der Waals surface area contributed by atoms with Crippen molar-refractivity contribution in [1.29, 1.82) is 0 Å². The largest absolute Gasteiger partial charge is 0.466 e. The van der Waals surface area contributed by atoms with Crippen molar-refractivity contribution in [1.82, 2.24) is 0 Å². The maximum Gasteiger partial charge on any atom is 0.305 e. The summed E-state index contributed by atoms with van der Waals surface area (Å²) in [6, 6.07) is 0. The average Bonchev–Trinajstić information content (AvgIpc) is 3.29. The second-order valence-electron chi connectivity index (χ2n) is 8.99. The van der Waals surface area contributed by atoms with Crippen LogP contribution in [0.5, 0.6) is 0 Å². The monoisotopic (exact) mass is 440 g/mol. The fourth-order valence-electron chi connectivity index (χ4n) is 3.95. The molecule has 1 aliphatic rings. The Bertz CT molecular complexity index is 432. The second-order valence-corrected chi connectivity index (χ2v) is 8.99. The van der Waals surface area contributed by atoms with Crippen LogP contribution in [0, 0.1) is 0 Å². The summed E-state index contributed by atoms with van der Waals surface area (Å²) in [5.74, 6) is -0.154. The Morgan fingerprint density at radius 2 is 1.23 bits per heavy atom. The molecule has 0 aromatic heterocycles. The molecule has 31 heavy (non-hydrogen) atoms. The lowest BCUT2D eigenvalue weighted by Gasteiger charge is -2.10. The van der Waals surface area contributed by atoms with E-state index in [0.717, 1.165) is 64.4 Å². The molecule has 0 N–H and O–H groups in total. The molecule has 182 valence electrons. The van der Waals surface area contributed by atoms with E-state index in [4.69, 9.17) is 14.2 Å². The highest BCUT2D eigenvalue weighted by Gasteiger charge is 2.17. The summed E-state index contributed by atoms with van der Waals surface area (Å²) in [6.07, 6.45) is 20.8. The third-order valence-electron chi connectivity index (χ3n) is 5.98. The van der Waals surface area contributed by atoms with Gasteiger partial charge in [0.05, 0.1) is 12.7 Å². The number of esters is 2. The van der Waals surface area contributed by atoms with Gasteiger partial charge in [0.1, 0.15) is 6.61 Å². The standard InChI is InChI=1S/C26H48O5/c1-2-3-4-5-6-7-10-13-16-21-30-25(27)19-14-11-8-9-12-15-20-26(28)31-23-24-18-17-22-29-24/h24H,2-23H2,1H3. The van der Waals surface area contributed by atoms with Gasteiger partial charge in [-0.2, -0.15) is 0 Å². The predicted molar refractivity (Wildman–Crippen MR) is 125 cm³/mol. The zero-order valence-electron chi connectivity index (χ0n) is 20.2. The topological polar surface area (TPSA) is 61.8 Å². The van der Waals surface area contributed by atoms with Crippen molar-refractivity contribution < 1.29 is 23.8 Å². The third kappa shape index (κ3) is 18.2. The fraction of sp³-hybridized carbons (Fsp3) is 0.923. The molecule has 0 aliphatic carbocycles. The lowest BCUT2D eigenvalue weighted by atomic mass is 10.1. The van der Waals surface area contributed by atoms with Crippen LogP contribution in [0.1, 0.15) is 129 Å². The van der Waals surface area contributed by atoms with E-state index in [1.807, 2.05) is 0 Å². The van der Waals surface area contributed by atoms with Crippen LogP contribution in [0.3, 0.4) is 0 Å². The number of carbonyl (C=O) groups excluding carboxylic acids is 2. The molecule has 0 aromatic rings. The van der Waals surface area contributed by atoms with Gasteiger partial charge in [0.25, 0.3) is 0 Å². The van der Waals surface area contributed by atoms with E-state index in [-0.39, 0.29) is 18.0 Å². The van der Waals surface area contributed by atoms with Crippen LogP contribution in [0.15, 0.2) is 0 Å². The molecule has 0 amide bonds. The average molecular weight is 441 g/mol. The Kier molecular flexibility index (Phi) is 18.7. The normalized spacial score (nSPS) is 15.8. The molecular formula is C26H48O5. The minimum absolute atomic E-state index is 0.0476. The molecule has 1 rings (SSSR count). The molecule has 5 nitrogen and oxygen atoms in total. The Morgan fingerprint density at radius 3 is 1.77 bits per heavy atom. The number of rotatable bonds is 21. The van der Waals surface area contributed by atoms with E-state index in [2.05, 4.69) is 6.92 Å². The first kappa shape index (κ1) is 27.9. The molecule has 1 saturated heterocycles. The van der Waals surface area contributed by atoms with E-state index in [9.17, 15) is 9.59 Å². The Balaban J connectivity index is 1.75. The summed E-state index contributed by atoms with van der Waals surface area (Å²) in [5.41, 5.74) is 0. The quantitative estimate of drug-likeness (QED) is 0.143. The summed E-state index contributed by atoms with van der Waals surface area (Å²) in [5, 5.41) is 0. The van der Waals surface area contributed by atoms with Gasteiger partial charge in [0.2, 0.25) is 0 Å².